The lowest BCUT2D eigenvalue weighted by atomic mass is 10.0. The van der Waals surface area contributed by atoms with Gasteiger partial charge in [-0.1, -0.05) is 6.92 Å². The lowest BCUT2D eigenvalue weighted by Crippen LogP contribution is -2.13. The van der Waals surface area contributed by atoms with Gasteiger partial charge in [-0.3, -0.25) is 4.99 Å². The summed E-state index contributed by atoms with van der Waals surface area (Å²) >= 11 is 0. The number of ether oxygens (including phenoxy) is 1. The number of rotatable bonds is 6. The van der Waals surface area contributed by atoms with Crippen LogP contribution in [0.15, 0.2) is 16.6 Å². The van der Waals surface area contributed by atoms with Crippen LogP contribution in [0.4, 0.5) is 13.2 Å². The maximum atomic E-state index is 14.4. The summed E-state index contributed by atoms with van der Waals surface area (Å²) in [7, 11) is 0. The molecular formula is C17H18F3NO3. The second kappa shape index (κ2) is 7.51. The average Bonchev–Trinajstić information content (AvgIpc) is 3.36. The minimum absolute atomic E-state index is 0.0351. The summed E-state index contributed by atoms with van der Waals surface area (Å²) in [6.07, 6.45) is 2.69. The predicted molar refractivity (Wildman–Crippen MR) is 83.4 cm³/mol. The molecule has 0 heterocycles. The summed E-state index contributed by atoms with van der Waals surface area (Å²) in [6, 6.07) is 0.562. The fraction of sp³-hybridized carbons (Fsp3) is 0.412. The van der Waals surface area contributed by atoms with E-state index >= 15 is 0 Å². The number of carbonyl (C=O) groups is 1. The molecule has 7 heteroatoms. The van der Waals surface area contributed by atoms with Gasteiger partial charge < -0.3 is 9.84 Å². The minimum atomic E-state index is -1.31. The van der Waals surface area contributed by atoms with Crippen molar-refractivity contribution in [3.05, 3.63) is 40.2 Å². The molecule has 130 valence electrons. The molecule has 1 aliphatic rings. The second-order valence-electron chi connectivity index (χ2n) is 5.36. The smallest absolute Gasteiger partial charge is 0.343 e. The van der Waals surface area contributed by atoms with E-state index < -0.39 is 45.9 Å². The number of halogens is 3. The van der Waals surface area contributed by atoms with Crippen molar-refractivity contribution in [3.63, 3.8) is 0 Å². The molecule has 0 aliphatic heterocycles. The quantitative estimate of drug-likeness (QED) is 0.282. The maximum absolute atomic E-state index is 14.4. The molecule has 0 aromatic heterocycles. The number of esters is 1. The summed E-state index contributed by atoms with van der Waals surface area (Å²) in [5, 5.41) is 10.3. The third-order valence-electron chi connectivity index (χ3n) is 3.57. The number of hydrogen-bond acceptors (Lipinski definition) is 4. The van der Waals surface area contributed by atoms with Crippen molar-refractivity contribution in [2.45, 2.75) is 39.2 Å². The van der Waals surface area contributed by atoms with Gasteiger partial charge in [-0.15, -0.1) is 0 Å². The summed E-state index contributed by atoms with van der Waals surface area (Å²) < 4.78 is 46.5. The lowest BCUT2D eigenvalue weighted by Gasteiger charge is -2.11. The van der Waals surface area contributed by atoms with Gasteiger partial charge in [0, 0.05) is 11.8 Å². The van der Waals surface area contributed by atoms with E-state index in [9.17, 15) is 23.1 Å². The van der Waals surface area contributed by atoms with Crippen molar-refractivity contribution in [2.24, 2.45) is 4.99 Å². The molecule has 0 radical (unpaired) electrons. The van der Waals surface area contributed by atoms with Gasteiger partial charge in [-0.2, -0.15) is 0 Å². The van der Waals surface area contributed by atoms with E-state index in [-0.39, 0.29) is 19.1 Å². The van der Waals surface area contributed by atoms with Crippen LogP contribution in [0.2, 0.25) is 0 Å². The zero-order chi connectivity index (χ0) is 17.9. The molecule has 0 unspecified atom stereocenters. The normalized spacial score (nSPS) is 15.5. The third-order valence-corrected chi connectivity index (χ3v) is 3.57. The van der Waals surface area contributed by atoms with Crippen LogP contribution in [0.1, 0.15) is 37.8 Å². The largest absolute Gasteiger partial charge is 0.506 e. The topological polar surface area (TPSA) is 58.9 Å². The molecule has 1 aromatic carbocycles. The van der Waals surface area contributed by atoms with Crippen molar-refractivity contribution in [3.8, 4) is 0 Å². The monoisotopic (exact) mass is 341 g/mol. The Hall–Kier alpha value is -2.31. The molecule has 1 fully saturated rings. The van der Waals surface area contributed by atoms with Crippen molar-refractivity contribution in [2.75, 3.05) is 6.61 Å². The molecule has 4 nitrogen and oxygen atoms in total. The Morgan fingerprint density at radius 3 is 2.54 bits per heavy atom. The molecule has 0 atom stereocenters. The van der Waals surface area contributed by atoms with Gasteiger partial charge in [-0.25, -0.2) is 18.0 Å². The molecule has 0 bridgehead atoms. The highest BCUT2D eigenvalue weighted by Gasteiger charge is 2.25. The van der Waals surface area contributed by atoms with E-state index in [0.717, 1.165) is 19.1 Å². The van der Waals surface area contributed by atoms with Crippen LogP contribution in [-0.2, 0) is 16.0 Å². The molecule has 0 amide bonds. The minimum Gasteiger partial charge on any atom is -0.506 e. The van der Waals surface area contributed by atoms with Gasteiger partial charge in [-0.05, 0) is 32.3 Å². The standard InChI is InChI=1S/C17H18F3NO3/c1-3-10-14(19)11(7-13(18)15(10)20)16(22)12(17(23)24-4-2)8-21-9-5-6-9/h7-9,22H,3-6H2,1-2H3/b16-12+,21-8?. The highest BCUT2D eigenvalue weighted by Crippen LogP contribution is 2.28. The van der Waals surface area contributed by atoms with Gasteiger partial charge in [0.05, 0.1) is 18.2 Å². The van der Waals surface area contributed by atoms with Gasteiger partial charge >= 0.3 is 5.97 Å². The molecule has 1 N–H and O–H groups in total. The molecule has 1 aliphatic carbocycles. The fourth-order valence-electron chi connectivity index (χ4n) is 2.11. The Morgan fingerprint density at radius 1 is 1.33 bits per heavy atom. The fourth-order valence-corrected chi connectivity index (χ4v) is 2.11. The molecule has 2 rings (SSSR count). The van der Waals surface area contributed by atoms with Gasteiger partial charge in [0.2, 0.25) is 0 Å². The molecule has 24 heavy (non-hydrogen) atoms. The number of nitrogens with zero attached hydrogens (tertiary/aromatic N) is 1. The van der Waals surface area contributed by atoms with E-state index in [0.29, 0.717) is 6.07 Å². The SMILES string of the molecule is CCOC(=O)/C(C=NC1CC1)=C(/O)c1cc(F)c(F)c(CC)c1F. The molecule has 0 spiro atoms. The Kier molecular flexibility index (Phi) is 5.64. The van der Waals surface area contributed by atoms with Gasteiger partial charge in [0.1, 0.15) is 17.1 Å². The van der Waals surface area contributed by atoms with Crippen LogP contribution >= 0.6 is 0 Å². The third kappa shape index (κ3) is 3.77. The van der Waals surface area contributed by atoms with Crippen LogP contribution in [-0.4, -0.2) is 29.9 Å². The predicted octanol–water partition coefficient (Wildman–Crippen LogP) is 3.73. The van der Waals surface area contributed by atoms with Crippen molar-refractivity contribution in [1.29, 1.82) is 0 Å². The van der Waals surface area contributed by atoms with Crippen molar-refractivity contribution in [1.82, 2.24) is 0 Å². The van der Waals surface area contributed by atoms with Gasteiger partial charge in [0.15, 0.2) is 11.6 Å². The second-order valence-corrected chi connectivity index (χ2v) is 5.36. The molecule has 1 aromatic rings. The van der Waals surface area contributed by atoms with E-state index in [1.807, 2.05) is 0 Å². The average molecular weight is 341 g/mol. The first-order valence-corrected chi connectivity index (χ1v) is 7.70. The number of aliphatic hydroxyl groups is 1. The first-order valence-electron chi connectivity index (χ1n) is 7.70. The van der Waals surface area contributed by atoms with E-state index in [4.69, 9.17) is 4.74 Å². The Labute approximate surface area is 137 Å². The number of carbonyl (C=O) groups excluding carboxylic acids is 1. The summed E-state index contributed by atoms with van der Waals surface area (Å²) in [6.45, 7) is 3.05. The van der Waals surface area contributed by atoms with E-state index in [2.05, 4.69) is 4.99 Å². The van der Waals surface area contributed by atoms with E-state index in [1.54, 1.807) is 6.92 Å². The zero-order valence-electron chi connectivity index (χ0n) is 13.4. The van der Waals surface area contributed by atoms with Crippen molar-refractivity contribution >= 4 is 17.9 Å². The number of hydrogen-bond donors (Lipinski definition) is 1. The first kappa shape index (κ1) is 18.0. The summed E-state index contributed by atoms with van der Waals surface area (Å²) in [5.41, 5.74) is -1.49. The molecule has 0 saturated heterocycles. The number of aliphatic imine (C=N–C) groups is 1. The van der Waals surface area contributed by atoms with Crippen LogP contribution in [0, 0.1) is 17.5 Å². The van der Waals surface area contributed by atoms with Crippen LogP contribution in [0.25, 0.3) is 5.76 Å². The number of benzene rings is 1. The van der Waals surface area contributed by atoms with E-state index in [1.165, 1.54) is 6.92 Å². The molecule has 1 saturated carbocycles. The first-order chi connectivity index (χ1) is 11.4. The van der Waals surface area contributed by atoms with Crippen LogP contribution < -0.4 is 0 Å². The Bertz CT molecular complexity index is 710. The Morgan fingerprint density at radius 2 is 2.00 bits per heavy atom. The maximum Gasteiger partial charge on any atom is 0.343 e. The summed E-state index contributed by atoms with van der Waals surface area (Å²) in [5.74, 6) is -5.48. The van der Waals surface area contributed by atoms with Crippen LogP contribution in [0.3, 0.4) is 0 Å². The highest BCUT2D eigenvalue weighted by molar-refractivity contribution is 6.15. The highest BCUT2D eigenvalue weighted by atomic mass is 19.2. The molecular weight excluding hydrogens is 323 g/mol. The van der Waals surface area contributed by atoms with Crippen molar-refractivity contribution < 1.29 is 27.8 Å². The number of aliphatic hydroxyl groups excluding tert-OH is 1. The van der Waals surface area contributed by atoms with Crippen LogP contribution in [0.5, 0.6) is 0 Å². The summed E-state index contributed by atoms with van der Waals surface area (Å²) in [4.78, 5) is 16.1. The zero-order valence-corrected chi connectivity index (χ0v) is 13.4. The lowest BCUT2D eigenvalue weighted by molar-refractivity contribution is -0.137. The Balaban J connectivity index is 2.57. The van der Waals surface area contributed by atoms with Gasteiger partial charge in [0.25, 0.3) is 0 Å².